The van der Waals surface area contributed by atoms with Crippen LogP contribution in [0.25, 0.3) is 0 Å². The van der Waals surface area contributed by atoms with Gasteiger partial charge in [-0.25, -0.2) is 0 Å². The van der Waals surface area contributed by atoms with Gasteiger partial charge in [-0.3, -0.25) is 9.59 Å². The van der Waals surface area contributed by atoms with Gasteiger partial charge in [0.2, 0.25) is 0 Å². The van der Waals surface area contributed by atoms with Gasteiger partial charge in [-0.15, -0.1) is 0 Å². The van der Waals surface area contributed by atoms with Gasteiger partial charge in [0.05, 0.1) is 5.92 Å². The van der Waals surface area contributed by atoms with Crippen molar-refractivity contribution in [2.75, 3.05) is 0 Å². The van der Waals surface area contributed by atoms with Gasteiger partial charge in [0.15, 0.2) is 0 Å². The Morgan fingerprint density at radius 1 is 0.889 bits per heavy atom. The molecule has 0 saturated heterocycles. The fourth-order valence-electron chi connectivity index (χ4n) is 4.49. The smallest absolute Gasteiger partial charge is 0.146 e. The number of hydrogen-bond acceptors (Lipinski definition) is 2. The first kappa shape index (κ1) is 19.5. The number of ketones is 2. The van der Waals surface area contributed by atoms with Crippen molar-refractivity contribution in [3.8, 4) is 0 Å². The van der Waals surface area contributed by atoms with Crippen LogP contribution >= 0.6 is 0 Å². The molecule has 0 amide bonds. The molecule has 0 N–H and O–H groups in total. The number of rotatable bonds is 7. The minimum atomic E-state index is -0.490. The highest BCUT2D eigenvalue weighted by Gasteiger charge is 2.33. The normalized spacial score (nSPS) is 20.8. The molecule has 0 aliphatic heterocycles. The molecule has 0 heterocycles. The standard InChI is InChI=1S/C25H30O2/c1-3-19-9-7-8-12-23(19)17-24(18(2)26)25(27)22-15-13-21(14-16-22)20-10-5-4-6-11-20/h4-12,21-22,24H,3,13-17H2,1-2H3/t21-,22-,24?. The largest absolute Gasteiger partial charge is 0.299 e. The van der Waals surface area contributed by atoms with Crippen LogP contribution in [0.1, 0.15) is 62.1 Å². The Hall–Kier alpha value is -2.22. The van der Waals surface area contributed by atoms with E-state index in [9.17, 15) is 9.59 Å². The molecule has 2 nitrogen and oxygen atoms in total. The van der Waals surface area contributed by atoms with Gasteiger partial charge < -0.3 is 0 Å². The molecular formula is C25H30O2. The topological polar surface area (TPSA) is 34.1 Å². The van der Waals surface area contributed by atoms with Crippen molar-refractivity contribution in [1.29, 1.82) is 0 Å². The number of benzene rings is 2. The van der Waals surface area contributed by atoms with Gasteiger partial charge in [0.1, 0.15) is 11.6 Å². The molecule has 1 aliphatic rings. The van der Waals surface area contributed by atoms with Gasteiger partial charge in [-0.2, -0.15) is 0 Å². The van der Waals surface area contributed by atoms with E-state index in [0.717, 1.165) is 37.7 Å². The third kappa shape index (κ3) is 4.74. The molecule has 3 rings (SSSR count). The molecule has 1 aliphatic carbocycles. The molecule has 142 valence electrons. The molecule has 1 saturated carbocycles. The average molecular weight is 363 g/mol. The number of carbonyl (C=O) groups excluding carboxylic acids is 2. The van der Waals surface area contributed by atoms with Crippen LogP contribution in [0, 0.1) is 11.8 Å². The van der Waals surface area contributed by atoms with E-state index in [1.165, 1.54) is 11.1 Å². The van der Waals surface area contributed by atoms with Crippen LogP contribution in [0.5, 0.6) is 0 Å². The molecule has 0 aromatic heterocycles. The van der Waals surface area contributed by atoms with E-state index in [-0.39, 0.29) is 17.5 Å². The van der Waals surface area contributed by atoms with Crippen molar-refractivity contribution in [2.45, 2.75) is 58.3 Å². The van der Waals surface area contributed by atoms with Crippen molar-refractivity contribution in [1.82, 2.24) is 0 Å². The average Bonchev–Trinajstić information content (AvgIpc) is 2.72. The molecule has 2 aromatic rings. The molecule has 1 fully saturated rings. The number of hydrogen-bond donors (Lipinski definition) is 0. The van der Waals surface area contributed by atoms with E-state index in [1.807, 2.05) is 18.2 Å². The van der Waals surface area contributed by atoms with Crippen LogP contribution in [0.3, 0.4) is 0 Å². The van der Waals surface area contributed by atoms with Crippen LogP contribution in [-0.2, 0) is 22.4 Å². The first-order valence-electron chi connectivity index (χ1n) is 10.3. The van der Waals surface area contributed by atoms with E-state index in [2.05, 4.69) is 43.3 Å². The highest BCUT2D eigenvalue weighted by molar-refractivity contribution is 6.02. The van der Waals surface area contributed by atoms with Crippen molar-refractivity contribution in [2.24, 2.45) is 11.8 Å². The molecule has 0 bridgehead atoms. The maximum atomic E-state index is 13.2. The van der Waals surface area contributed by atoms with E-state index in [0.29, 0.717) is 12.3 Å². The Morgan fingerprint density at radius 2 is 1.48 bits per heavy atom. The molecule has 0 radical (unpaired) electrons. The van der Waals surface area contributed by atoms with Crippen molar-refractivity contribution in [3.63, 3.8) is 0 Å². The van der Waals surface area contributed by atoms with Crippen molar-refractivity contribution >= 4 is 11.6 Å². The minimum absolute atomic E-state index is 0.0103. The molecule has 1 atom stereocenters. The predicted octanol–water partition coefficient (Wildman–Crippen LogP) is 5.54. The van der Waals surface area contributed by atoms with Crippen LogP contribution in [-0.4, -0.2) is 11.6 Å². The predicted molar refractivity (Wildman–Crippen MR) is 110 cm³/mol. The van der Waals surface area contributed by atoms with E-state index >= 15 is 0 Å². The summed E-state index contributed by atoms with van der Waals surface area (Å²) in [6.07, 6.45) is 5.36. The Labute approximate surface area is 163 Å². The monoisotopic (exact) mass is 362 g/mol. The summed E-state index contributed by atoms with van der Waals surface area (Å²) in [5, 5.41) is 0. The first-order chi connectivity index (χ1) is 13.1. The summed E-state index contributed by atoms with van der Waals surface area (Å²) >= 11 is 0. The molecule has 2 aromatic carbocycles. The lowest BCUT2D eigenvalue weighted by atomic mass is 9.73. The molecule has 27 heavy (non-hydrogen) atoms. The SMILES string of the molecule is CCc1ccccc1CC(C(C)=O)C(=O)[C@H]1CC[C@H](c2ccccc2)CC1. The quantitative estimate of drug-likeness (QED) is 0.606. The van der Waals surface area contributed by atoms with E-state index < -0.39 is 5.92 Å². The Morgan fingerprint density at radius 3 is 2.07 bits per heavy atom. The molecule has 2 heteroatoms. The van der Waals surface area contributed by atoms with E-state index in [1.54, 1.807) is 6.92 Å². The summed E-state index contributed by atoms with van der Waals surface area (Å²) in [5.74, 6) is 0.270. The minimum Gasteiger partial charge on any atom is -0.299 e. The highest BCUT2D eigenvalue weighted by Crippen LogP contribution is 2.37. The van der Waals surface area contributed by atoms with Crippen LogP contribution in [0.15, 0.2) is 54.6 Å². The van der Waals surface area contributed by atoms with Crippen LogP contribution in [0.4, 0.5) is 0 Å². The Kier molecular flexibility index (Phi) is 6.60. The third-order valence-electron chi connectivity index (χ3n) is 6.16. The summed E-state index contributed by atoms with van der Waals surface area (Å²) in [4.78, 5) is 25.5. The number of aryl methyl sites for hydroxylation is 1. The lowest BCUT2D eigenvalue weighted by Crippen LogP contribution is -2.32. The third-order valence-corrected chi connectivity index (χ3v) is 6.16. The van der Waals surface area contributed by atoms with Crippen LogP contribution < -0.4 is 0 Å². The summed E-state index contributed by atoms with van der Waals surface area (Å²) in [5.41, 5.74) is 3.76. The zero-order valence-electron chi connectivity index (χ0n) is 16.5. The van der Waals surface area contributed by atoms with Gasteiger partial charge in [-0.1, -0.05) is 61.5 Å². The summed E-state index contributed by atoms with van der Waals surface area (Å²) in [7, 11) is 0. The molecule has 0 spiro atoms. The lowest BCUT2D eigenvalue weighted by molar-refractivity contribution is -0.134. The lowest BCUT2D eigenvalue weighted by Gasteiger charge is -2.30. The maximum Gasteiger partial charge on any atom is 0.146 e. The second kappa shape index (κ2) is 9.12. The highest BCUT2D eigenvalue weighted by atomic mass is 16.1. The molecular weight excluding hydrogens is 332 g/mol. The zero-order valence-corrected chi connectivity index (χ0v) is 16.5. The summed E-state index contributed by atoms with van der Waals surface area (Å²) < 4.78 is 0. The maximum absolute atomic E-state index is 13.2. The van der Waals surface area contributed by atoms with Crippen molar-refractivity contribution in [3.05, 3.63) is 71.3 Å². The summed E-state index contributed by atoms with van der Waals surface area (Å²) in [6, 6.07) is 18.8. The van der Waals surface area contributed by atoms with Gasteiger partial charge in [-0.05, 0) is 68.1 Å². The summed E-state index contributed by atoms with van der Waals surface area (Å²) in [6.45, 7) is 3.70. The van der Waals surface area contributed by atoms with Crippen molar-refractivity contribution < 1.29 is 9.59 Å². The van der Waals surface area contributed by atoms with Gasteiger partial charge in [0.25, 0.3) is 0 Å². The second-order valence-electron chi connectivity index (χ2n) is 7.85. The van der Waals surface area contributed by atoms with Crippen LogP contribution in [0.2, 0.25) is 0 Å². The molecule has 1 unspecified atom stereocenters. The Balaban J connectivity index is 1.66. The fourth-order valence-corrected chi connectivity index (χ4v) is 4.49. The number of Topliss-reactive ketones (excluding diaryl/α,β-unsaturated/α-hetero) is 2. The first-order valence-corrected chi connectivity index (χ1v) is 10.3. The van der Waals surface area contributed by atoms with Gasteiger partial charge >= 0.3 is 0 Å². The zero-order chi connectivity index (χ0) is 19.2. The van der Waals surface area contributed by atoms with E-state index in [4.69, 9.17) is 0 Å². The van der Waals surface area contributed by atoms with Gasteiger partial charge in [0, 0.05) is 5.92 Å². The second-order valence-corrected chi connectivity index (χ2v) is 7.85. The number of carbonyl (C=O) groups is 2. The fraction of sp³-hybridized carbons (Fsp3) is 0.440. The Bertz CT molecular complexity index is 770.